The second kappa shape index (κ2) is 17.2. The van der Waals surface area contributed by atoms with Crippen molar-refractivity contribution >= 4 is 5.69 Å². The maximum absolute atomic E-state index is 13.6. The quantitative estimate of drug-likeness (QED) is 0.110. The first-order valence-electron chi connectivity index (χ1n) is 17.8. The number of rotatable bonds is 14. The number of methoxy groups -OCH3 is 6. The third kappa shape index (κ3) is 8.83. The fourth-order valence-electron chi connectivity index (χ4n) is 7.04. The molecule has 1 saturated heterocycles. The van der Waals surface area contributed by atoms with Gasteiger partial charge in [0.1, 0.15) is 0 Å². The Morgan fingerprint density at radius 3 is 1.51 bits per heavy atom. The van der Waals surface area contributed by atoms with Crippen LogP contribution in [-0.2, 0) is 19.3 Å². The summed E-state index contributed by atoms with van der Waals surface area (Å²) in [5.41, 5.74) is 5.20. The van der Waals surface area contributed by atoms with Crippen molar-refractivity contribution in [1.82, 2.24) is 14.9 Å². The summed E-state index contributed by atoms with van der Waals surface area (Å²) in [5.74, 6) is 3.10. The van der Waals surface area contributed by atoms with Crippen LogP contribution in [0.3, 0.4) is 0 Å². The summed E-state index contributed by atoms with van der Waals surface area (Å²) in [5, 5.41) is 0. The van der Waals surface area contributed by atoms with Crippen molar-refractivity contribution in [1.29, 1.82) is 0 Å². The van der Waals surface area contributed by atoms with E-state index in [-0.39, 0.29) is 6.04 Å². The minimum absolute atomic E-state index is 0.0815. The smallest absolute Gasteiger partial charge is 0.416 e. The molecule has 55 heavy (non-hydrogen) atoms. The van der Waals surface area contributed by atoms with E-state index in [0.29, 0.717) is 46.7 Å². The Bertz CT molecular complexity index is 2020. The van der Waals surface area contributed by atoms with Gasteiger partial charge in [-0.15, -0.1) is 0 Å². The van der Waals surface area contributed by atoms with Crippen molar-refractivity contribution in [3.63, 3.8) is 0 Å². The van der Waals surface area contributed by atoms with E-state index in [0.717, 1.165) is 78.2 Å². The summed E-state index contributed by atoms with van der Waals surface area (Å²) in [6.45, 7) is 2.79. The molecule has 10 nitrogen and oxygen atoms in total. The Labute approximate surface area is 319 Å². The van der Waals surface area contributed by atoms with Gasteiger partial charge >= 0.3 is 6.18 Å². The third-order valence-corrected chi connectivity index (χ3v) is 9.85. The van der Waals surface area contributed by atoms with E-state index in [1.807, 2.05) is 42.5 Å². The van der Waals surface area contributed by atoms with Gasteiger partial charge in [0.05, 0.1) is 59.6 Å². The predicted molar refractivity (Wildman–Crippen MR) is 205 cm³/mol. The van der Waals surface area contributed by atoms with Gasteiger partial charge in [0.25, 0.3) is 0 Å². The molecule has 3 aromatic carbocycles. The number of hydrogen-bond acceptors (Lipinski definition) is 10. The van der Waals surface area contributed by atoms with Gasteiger partial charge in [0, 0.05) is 61.4 Å². The fourth-order valence-corrected chi connectivity index (χ4v) is 7.04. The van der Waals surface area contributed by atoms with Gasteiger partial charge < -0.3 is 33.3 Å². The lowest BCUT2D eigenvalue weighted by Gasteiger charge is -2.40. The zero-order valence-corrected chi connectivity index (χ0v) is 31.8. The average Bonchev–Trinajstić information content (AvgIpc) is 3.21. The van der Waals surface area contributed by atoms with Crippen molar-refractivity contribution < 1.29 is 41.6 Å². The summed E-state index contributed by atoms with van der Waals surface area (Å²) in [6, 6.07) is 21.0. The number of aromatic nitrogens is 2. The Morgan fingerprint density at radius 2 is 1.07 bits per heavy atom. The number of piperidine rings is 1. The molecule has 0 spiro atoms. The van der Waals surface area contributed by atoms with Crippen molar-refractivity contribution in [2.45, 2.75) is 38.1 Å². The highest BCUT2D eigenvalue weighted by atomic mass is 19.4. The molecular weight excluding hydrogens is 713 g/mol. The SMILES string of the molecule is COc1cc(-c2cc(CN3CCC(N(Cc4ccnc(-c5cc(OC)c(OC)c(OC)c5)c4)c4ccc(C(F)(F)F)cc4)CC3)ccn2)cc(OC)c1OC. The molecule has 0 amide bonds. The van der Waals surface area contributed by atoms with Crippen LogP contribution in [0.2, 0.25) is 0 Å². The normalized spacial score (nSPS) is 13.6. The second-order valence-electron chi connectivity index (χ2n) is 13.1. The van der Waals surface area contributed by atoms with Crippen LogP contribution in [0.15, 0.2) is 85.2 Å². The van der Waals surface area contributed by atoms with E-state index >= 15 is 0 Å². The summed E-state index contributed by atoms with van der Waals surface area (Å²) >= 11 is 0. The predicted octanol–water partition coefficient (Wildman–Crippen LogP) is 8.55. The minimum atomic E-state index is -4.42. The molecule has 5 aromatic rings. The molecule has 0 unspecified atom stereocenters. The average molecular weight is 759 g/mol. The molecule has 1 fully saturated rings. The largest absolute Gasteiger partial charge is 0.493 e. The number of benzene rings is 3. The third-order valence-electron chi connectivity index (χ3n) is 9.85. The van der Waals surface area contributed by atoms with Crippen LogP contribution >= 0.6 is 0 Å². The Kier molecular flexibility index (Phi) is 12.2. The monoisotopic (exact) mass is 758 g/mol. The minimum Gasteiger partial charge on any atom is -0.493 e. The number of alkyl halides is 3. The maximum atomic E-state index is 13.6. The highest BCUT2D eigenvalue weighted by molar-refractivity contribution is 5.70. The topological polar surface area (TPSA) is 87.6 Å². The van der Waals surface area contributed by atoms with Gasteiger partial charge in [-0.25, -0.2) is 0 Å². The van der Waals surface area contributed by atoms with Gasteiger partial charge in [0.15, 0.2) is 23.0 Å². The molecule has 0 aliphatic carbocycles. The van der Waals surface area contributed by atoms with Gasteiger partial charge in [-0.1, -0.05) is 0 Å². The van der Waals surface area contributed by atoms with Crippen LogP contribution in [0, 0.1) is 0 Å². The Morgan fingerprint density at radius 1 is 0.618 bits per heavy atom. The van der Waals surface area contributed by atoms with E-state index in [4.69, 9.17) is 28.4 Å². The molecule has 6 rings (SSSR count). The molecule has 3 heterocycles. The van der Waals surface area contributed by atoms with Crippen LogP contribution in [0.1, 0.15) is 29.5 Å². The van der Waals surface area contributed by atoms with E-state index < -0.39 is 11.7 Å². The number of anilines is 1. The molecular formula is C42H45F3N4O6. The molecule has 1 aliphatic heterocycles. The molecule has 13 heteroatoms. The zero-order chi connectivity index (χ0) is 39.1. The van der Waals surface area contributed by atoms with Gasteiger partial charge in [-0.2, -0.15) is 13.2 Å². The number of nitrogens with zero attached hydrogens (tertiary/aromatic N) is 4. The van der Waals surface area contributed by atoms with Gasteiger partial charge in [-0.05, 0) is 96.8 Å². The zero-order valence-electron chi connectivity index (χ0n) is 31.8. The Balaban J connectivity index is 1.22. The van der Waals surface area contributed by atoms with E-state index in [1.54, 1.807) is 67.2 Å². The van der Waals surface area contributed by atoms with Crippen LogP contribution in [0.5, 0.6) is 34.5 Å². The van der Waals surface area contributed by atoms with Crippen molar-refractivity contribution in [2.24, 2.45) is 0 Å². The molecule has 0 N–H and O–H groups in total. The highest BCUT2D eigenvalue weighted by Gasteiger charge is 2.31. The molecule has 0 radical (unpaired) electrons. The number of pyridine rings is 2. The second-order valence-corrected chi connectivity index (χ2v) is 13.1. The number of likely N-dealkylation sites (tertiary alicyclic amines) is 1. The van der Waals surface area contributed by atoms with Crippen molar-refractivity contribution in [2.75, 3.05) is 60.6 Å². The van der Waals surface area contributed by atoms with E-state index in [9.17, 15) is 13.2 Å². The first kappa shape index (κ1) is 39.0. The van der Waals surface area contributed by atoms with Crippen molar-refractivity contribution in [3.8, 4) is 57.0 Å². The fraction of sp³-hybridized carbons (Fsp3) is 0.333. The first-order chi connectivity index (χ1) is 26.6. The number of ether oxygens (including phenoxy) is 6. The molecule has 0 bridgehead atoms. The van der Waals surface area contributed by atoms with E-state index in [2.05, 4.69) is 25.8 Å². The summed E-state index contributed by atoms with van der Waals surface area (Å²) in [7, 11) is 9.40. The van der Waals surface area contributed by atoms with Crippen LogP contribution in [0.4, 0.5) is 18.9 Å². The van der Waals surface area contributed by atoms with E-state index in [1.165, 1.54) is 0 Å². The standard InChI is InChI=1S/C42H45F3N4O6/c1-50-36-21-29(22-37(51-2)40(36)54-5)34-19-27(11-15-46-34)25-48-17-13-33(14-18-48)49(32-9-7-31(8-10-32)42(43,44)45)26-28-12-16-47-35(20-28)30-23-38(52-3)41(55-6)39(24-30)53-4/h7-12,15-16,19-24,33H,13-14,17-18,25-26H2,1-6H3. The summed E-state index contributed by atoms with van der Waals surface area (Å²) in [6.07, 6.45) is 0.747. The van der Waals surface area contributed by atoms with Gasteiger partial charge in [0.2, 0.25) is 11.5 Å². The van der Waals surface area contributed by atoms with Crippen LogP contribution < -0.4 is 33.3 Å². The molecule has 2 aromatic heterocycles. The number of halogens is 3. The molecule has 0 saturated carbocycles. The molecule has 1 aliphatic rings. The molecule has 0 atom stereocenters. The summed E-state index contributed by atoms with van der Waals surface area (Å²) in [4.78, 5) is 13.8. The Hall–Kier alpha value is -5.69. The molecule has 290 valence electrons. The first-order valence-corrected chi connectivity index (χ1v) is 17.8. The lowest BCUT2D eigenvalue weighted by atomic mass is 9.99. The van der Waals surface area contributed by atoms with Crippen molar-refractivity contribution in [3.05, 3.63) is 102 Å². The summed E-state index contributed by atoms with van der Waals surface area (Å²) < 4.78 is 73.9. The highest BCUT2D eigenvalue weighted by Crippen LogP contribution is 2.42. The lowest BCUT2D eigenvalue weighted by molar-refractivity contribution is -0.137. The lowest BCUT2D eigenvalue weighted by Crippen LogP contribution is -2.44. The number of hydrogen-bond donors (Lipinski definition) is 0. The van der Waals surface area contributed by atoms with Crippen LogP contribution in [-0.4, -0.2) is 76.7 Å². The van der Waals surface area contributed by atoms with Gasteiger partial charge in [-0.3, -0.25) is 14.9 Å². The van der Waals surface area contributed by atoms with Crippen LogP contribution in [0.25, 0.3) is 22.5 Å². The maximum Gasteiger partial charge on any atom is 0.416 e.